The maximum Gasteiger partial charge on any atom is 0.309 e. The number of ketones is 1. The molecule has 0 unspecified atom stereocenters. The zero-order valence-corrected chi connectivity index (χ0v) is 21.7. The summed E-state index contributed by atoms with van der Waals surface area (Å²) in [5, 5.41) is 59.5. The smallest absolute Gasteiger partial charge is 0.309 e. The third-order valence-corrected chi connectivity index (χ3v) is 6.92. The predicted octanol–water partition coefficient (Wildman–Crippen LogP) is -0.328. The van der Waals surface area contributed by atoms with Crippen molar-refractivity contribution in [3.05, 3.63) is 11.6 Å². The number of carbonyl (C=O) groups is 3. The number of hydrogen-bond acceptors (Lipinski definition) is 11. The molecule has 2 aliphatic rings. The van der Waals surface area contributed by atoms with E-state index in [-0.39, 0.29) is 23.7 Å². The molecule has 1 aliphatic carbocycles. The van der Waals surface area contributed by atoms with Crippen molar-refractivity contribution in [2.75, 3.05) is 13.2 Å². The van der Waals surface area contributed by atoms with Crippen LogP contribution in [-0.4, -0.2) is 104 Å². The Morgan fingerprint density at radius 1 is 1.22 bits per heavy atom. The summed E-state index contributed by atoms with van der Waals surface area (Å²) in [6, 6.07) is 0. The minimum absolute atomic E-state index is 0.0352. The molecular formula is C25H40O12. The standard InChI is InChI=1S/C25H40O12/c1-13(5-6-16-14(11-26)7-15(28)8-24(16,2)3)35-23-21(33)22(20(32)17(12-27)36-23)37-19(31)10-25(4,34)9-18(29)30/h7,13,16-17,20-23,26-27,32-34H,5-6,8-12H2,1-4H3,(H,29,30)/t13-,16-,17-,20-,21-,22+,23-,25+/m1/s1. The van der Waals surface area contributed by atoms with Crippen LogP contribution in [0.15, 0.2) is 11.6 Å². The zero-order valence-electron chi connectivity index (χ0n) is 21.7. The quantitative estimate of drug-likeness (QED) is 0.179. The SMILES string of the molecule is C[C@H](CC[C@@H]1C(CO)=CC(=O)CC1(C)C)O[C@@H]1O[C@H](CO)[C@@H](O)[C@H](OC(=O)C[C@@](C)(O)CC(=O)O)[C@H]1O. The molecule has 1 fully saturated rings. The number of carbonyl (C=O) groups excluding carboxylic acids is 2. The van der Waals surface area contributed by atoms with Gasteiger partial charge in [0.2, 0.25) is 0 Å². The topological polar surface area (TPSA) is 200 Å². The summed E-state index contributed by atoms with van der Waals surface area (Å²) in [7, 11) is 0. The molecule has 1 saturated heterocycles. The first-order chi connectivity index (χ1) is 17.1. The van der Waals surface area contributed by atoms with Gasteiger partial charge in [0.25, 0.3) is 0 Å². The van der Waals surface area contributed by atoms with Gasteiger partial charge >= 0.3 is 11.9 Å². The van der Waals surface area contributed by atoms with E-state index in [1.165, 1.54) is 6.08 Å². The van der Waals surface area contributed by atoms with Gasteiger partial charge in [0.05, 0.1) is 37.8 Å². The number of esters is 1. The second kappa shape index (κ2) is 12.7. The van der Waals surface area contributed by atoms with Crippen molar-refractivity contribution in [1.29, 1.82) is 0 Å². The van der Waals surface area contributed by atoms with Crippen LogP contribution in [0.2, 0.25) is 0 Å². The fourth-order valence-electron chi connectivity index (χ4n) is 5.06. The van der Waals surface area contributed by atoms with Crippen LogP contribution in [0.25, 0.3) is 0 Å². The number of aliphatic hydroxyl groups excluding tert-OH is 4. The van der Waals surface area contributed by atoms with E-state index >= 15 is 0 Å². The Bertz CT molecular complexity index is 851. The largest absolute Gasteiger partial charge is 0.481 e. The van der Waals surface area contributed by atoms with Gasteiger partial charge in [0, 0.05) is 6.42 Å². The highest BCUT2D eigenvalue weighted by molar-refractivity contribution is 5.92. The van der Waals surface area contributed by atoms with Crippen molar-refractivity contribution in [1.82, 2.24) is 0 Å². The third-order valence-electron chi connectivity index (χ3n) is 6.92. The Balaban J connectivity index is 2.05. The molecule has 12 nitrogen and oxygen atoms in total. The average molecular weight is 533 g/mol. The minimum atomic E-state index is -1.91. The van der Waals surface area contributed by atoms with Gasteiger partial charge in [-0.1, -0.05) is 13.8 Å². The number of aliphatic carboxylic acids is 1. The van der Waals surface area contributed by atoms with E-state index in [2.05, 4.69) is 0 Å². The van der Waals surface area contributed by atoms with Crippen LogP contribution in [0.1, 0.15) is 59.8 Å². The summed E-state index contributed by atoms with van der Waals surface area (Å²) in [5.74, 6) is -2.49. The minimum Gasteiger partial charge on any atom is -0.481 e. The van der Waals surface area contributed by atoms with Crippen LogP contribution in [0.5, 0.6) is 0 Å². The number of carboxylic acids is 1. The molecule has 0 amide bonds. The molecule has 2 rings (SSSR count). The Labute approximate surface area is 215 Å². The molecule has 0 bridgehead atoms. The molecule has 0 aromatic carbocycles. The lowest BCUT2D eigenvalue weighted by atomic mass is 9.66. The van der Waals surface area contributed by atoms with E-state index in [4.69, 9.17) is 19.3 Å². The number of hydrogen-bond donors (Lipinski definition) is 6. The lowest BCUT2D eigenvalue weighted by Gasteiger charge is -2.42. The van der Waals surface area contributed by atoms with Crippen LogP contribution in [0.3, 0.4) is 0 Å². The Hall–Kier alpha value is -1.93. The van der Waals surface area contributed by atoms with E-state index < -0.39 is 73.8 Å². The van der Waals surface area contributed by atoms with Gasteiger partial charge in [0.15, 0.2) is 18.2 Å². The summed E-state index contributed by atoms with van der Waals surface area (Å²) in [6.45, 7) is 5.88. The molecule has 1 heterocycles. The molecule has 0 aromatic rings. The van der Waals surface area contributed by atoms with E-state index in [9.17, 15) is 39.9 Å². The van der Waals surface area contributed by atoms with Crippen molar-refractivity contribution in [3.63, 3.8) is 0 Å². The molecule has 0 aromatic heterocycles. The monoisotopic (exact) mass is 532 g/mol. The average Bonchev–Trinajstić information content (AvgIpc) is 2.75. The summed E-state index contributed by atoms with van der Waals surface area (Å²) < 4.78 is 16.5. The van der Waals surface area contributed by atoms with Crippen molar-refractivity contribution in [2.24, 2.45) is 11.3 Å². The summed E-state index contributed by atoms with van der Waals surface area (Å²) in [5.41, 5.74) is -1.63. The summed E-state index contributed by atoms with van der Waals surface area (Å²) in [4.78, 5) is 35.2. The highest BCUT2D eigenvalue weighted by atomic mass is 16.7. The lowest BCUT2D eigenvalue weighted by molar-refractivity contribution is -0.312. The molecule has 8 atom stereocenters. The molecule has 0 spiro atoms. The maximum atomic E-state index is 12.4. The number of ether oxygens (including phenoxy) is 3. The third kappa shape index (κ3) is 8.54. The van der Waals surface area contributed by atoms with Gasteiger partial charge in [-0.15, -0.1) is 0 Å². The molecule has 0 saturated carbocycles. The second-order valence-corrected chi connectivity index (χ2v) is 11.0. The van der Waals surface area contributed by atoms with Gasteiger partial charge in [-0.3, -0.25) is 14.4 Å². The van der Waals surface area contributed by atoms with Crippen LogP contribution in [0, 0.1) is 11.3 Å². The van der Waals surface area contributed by atoms with Crippen molar-refractivity contribution < 1.29 is 59.2 Å². The number of rotatable bonds is 12. The van der Waals surface area contributed by atoms with Gasteiger partial charge in [-0.25, -0.2) is 0 Å². The van der Waals surface area contributed by atoms with Gasteiger partial charge < -0.3 is 44.8 Å². The van der Waals surface area contributed by atoms with Crippen LogP contribution in [-0.2, 0) is 28.6 Å². The summed E-state index contributed by atoms with van der Waals surface area (Å²) >= 11 is 0. The molecule has 212 valence electrons. The molecule has 37 heavy (non-hydrogen) atoms. The van der Waals surface area contributed by atoms with Crippen molar-refractivity contribution in [3.8, 4) is 0 Å². The highest BCUT2D eigenvalue weighted by Gasteiger charge is 2.48. The van der Waals surface area contributed by atoms with E-state index in [0.29, 0.717) is 24.8 Å². The Kier molecular flexibility index (Phi) is 10.8. The predicted molar refractivity (Wildman–Crippen MR) is 127 cm³/mol. The first-order valence-corrected chi connectivity index (χ1v) is 12.4. The molecule has 0 radical (unpaired) electrons. The normalized spacial score (nSPS) is 32.2. The Morgan fingerprint density at radius 3 is 2.43 bits per heavy atom. The van der Waals surface area contributed by atoms with Crippen LogP contribution < -0.4 is 0 Å². The fourth-order valence-corrected chi connectivity index (χ4v) is 5.06. The van der Waals surface area contributed by atoms with Gasteiger partial charge in [-0.2, -0.15) is 0 Å². The maximum absolute atomic E-state index is 12.4. The zero-order chi connectivity index (χ0) is 28.1. The fraction of sp³-hybridized carbons (Fsp3) is 0.800. The van der Waals surface area contributed by atoms with E-state index in [0.717, 1.165) is 6.92 Å². The molecule has 12 heteroatoms. The Morgan fingerprint density at radius 2 is 1.86 bits per heavy atom. The molecule has 1 aliphatic heterocycles. The first-order valence-electron chi connectivity index (χ1n) is 12.4. The van der Waals surface area contributed by atoms with Crippen LogP contribution >= 0.6 is 0 Å². The number of allylic oxidation sites excluding steroid dienone is 1. The molecular weight excluding hydrogens is 492 g/mol. The van der Waals surface area contributed by atoms with E-state index in [1.54, 1.807) is 6.92 Å². The van der Waals surface area contributed by atoms with E-state index in [1.807, 2.05) is 13.8 Å². The number of carboxylic acid groups (broad SMARTS) is 1. The van der Waals surface area contributed by atoms with Crippen molar-refractivity contribution >= 4 is 17.7 Å². The first kappa shape index (κ1) is 31.3. The molecule has 6 N–H and O–H groups in total. The van der Waals surface area contributed by atoms with Gasteiger partial charge in [-0.05, 0) is 49.7 Å². The van der Waals surface area contributed by atoms with Crippen LogP contribution in [0.4, 0.5) is 0 Å². The van der Waals surface area contributed by atoms with Crippen molar-refractivity contribution in [2.45, 2.75) is 102 Å². The second-order valence-electron chi connectivity index (χ2n) is 11.0. The lowest BCUT2D eigenvalue weighted by Crippen LogP contribution is -2.61. The number of aliphatic hydroxyl groups is 5. The van der Waals surface area contributed by atoms with Gasteiger partial charge in [0.1, 0.15) is 18.3 Å². The highest BCUT2D eigenvalue weighted by Crippen LogP contribution is 2.42. The summed E-state index contributed by atoms with van der Waals surface area (Å²) in [6.07, 6.45) is -6.51.